The number of ether oxygens (including phenoxy) is 1. The summed E-state index contributed by atoms with van der Waals surface area (Å²) < 4.78 is 5.73. The quantitative estimate of drug-likeness (QED) is 0.780. The van der Waals surface area contributed by atoms with Crippen LogP contribution in [0.2, 0.25) is 0 Å². The lowest BCUT2D eigenvalue weighted by Gasteiger charge is -2.22. The molecule has 0 aliphatic carbocycles. The molecule has 26 heavy (non-hydrogen) atoms. The van der Waals surface area contributed by atoms with E-state index in [1.165, 1.54) is 0 Å². The molecule has 0 radical (unpaired) electrons. The van der Waals surface area contributed by atoms with Crippen LogP contribution in [0.5, 0.6) is 0 Å². The molecule has 6 heteroatoms. The Morgan fingerprint density at radius 1 is 0.885 bits per heavy atom. The lowest BCUT2D eigenvalue weighted by Crippen LogP contribution is -2.40. The molecule has 3 atom stereocenters. The lowest BCUT2D eigenvalue weighted by molar-refractivity contribution is -0.126. The number of benzene rings is 2. The summed E-state index contributed by atoms with van der Waals surface area (Å²) in [6.45, 7) is 0. The van der Waals surface area contributed by atoms with Gasteiger partial charge in [0.15, 0.2) is 0 Å². The fourth-order valence-electron chi connectivity index (χ4n) is 3.74. The third-order valence-electron chi connectivity index (χ3n) is 4.90. The van der Waals surface area contributed by atoms with Gasteiger partial charge in [-0.3, -0.25) is 9.59 Å². The minimum absolute atomic E-state index is 0.425. The maximum Gasteiger partial charge on any atom is 0.254 e. The van der Waals surface area contributed by atoms with Crippen LogP contribution < -0.4 is 4.90 Å². The van der Waals surface area contributed by atoms with Crippen molar-refractivity contribution in [2.24, 2.45) is 11.8 Å². The van der Waals surface area contributed by atoms with Gasteiger partial charge in [0, 0.05) is 0 Å². The maximum absolute atomic E-state index is 13.1. The molecule has 126 valence electrons. The zero-order chi connectivity index (χ0) is 18.3. The number of nitriles is 2. The van der Waals surface area contributed by atoms with Crippen molar-refractivity contribution in [2.75, 3.05) is 4.90 Å². The maximum atomic E-state index is 13.1. The minimum atomic E-state index is -1.98. The van der Waals surface area contributed by atoms with Gasteiger partial charge in [0.05, 0.1) is 17.7 Å². The van der Waals surface area contributed by atoms with Crippen molar-refractivity contribution in [3.63, 3.8) is 0 Å². The molecule has 0 spiro atoms. The standard InChI is InChI=1S/C20H13N3O3/c21-11-20(12-22)16-15(17(26-20)13-7-3-1-4-8-13)18(24)23(19(16)25)14-9-5-2-6-10-14/h1-10,15-17H/t15-,16-,17-/m1/s1. The van der Waals surface area contributed by atoms with E-state index in [1.807, 2.05) is 18.2 Å². The molecule has 2 fully saturated rings. The molecular weight excluding hydrogens is 330 g/mol. The molecule has 6 nitrogen and oxygen atoms in total. The second-order valence-corrected chi connectivity index (χ2v) is 6.26. The summed E-state index contributed by atoms with van der Waals surface area (Å²) in [7, 11) is 0. The smallest absolute Gasteiger partial charge is 0.254 e. The summed E-state index contributed by atoms with van der Waals surface area (Å²) in [5.74, 6) is -3.10. The predicted octanol–water partition coefficient (Wildman–Crippen LogP) is 2.35. The molecule has 2 amide bonds. The summed E-state index contributed by atoms with van der Waals surface area (Å²) in [5.41, 5.74) is -0.902. The van der Waals surface area contributed by atoms with Crippen molar-refractivity contribution in [1.29, 1.82) is 10.5 Å². The molecular formula is C20H13N3O3. The van der Waals surface area contributed by atoms with E-state index in [2.05, 4.69) is 0 Å². The number of fused-ring (bicyclic) bond motifs is 1. The molecule has 2 heterocycles. The highest BCUT2D eigenvalue weighted by Gasteiger charge is 2.68. The zero-order valence-corrected chi connectivity index (χ0v) is 13.6. The van der Waals surface area contributed by atoms with Crippen LogP contribution in [0.15, 0.2) is 60.7 Å². The fraction of sp³-hybridized carbons (Fsp3) is 0.200. The van der Waals surface area contributed by atoms with Crippen molar-refractivity contribution in [2.45, 2.75) is 11.7 Å². The molecule has 0 aromatic heterocycles. The van der Waals surface area contributed by atoms with Gasteiger partial charge in [-0.1, -0.05) is 48.5 Å². The number of amides is 2. The third kappa shape index (κ3) is 2.07. The fourth-order valence-corrected chi connectivity index (χ4v) is 3.74. The highest BCUT2D eigenvalue weighted by molar-refractivity contribution is 6.23. The van der Waals surface area contributed by atoms with Gasteiger partial charge < -0.3 is 4.74 Å². The first-order valence-corrected chi connectivity index (χ1v) is 8.11. The van der Waals surface area contributed by atoms with Crippen LogP contribution >= 0.6 is 0 Å². The highest BCUT2D eigenvalue weighted by Crippen LogP contribution is 2.53. The number of carbonyl (C=O) groups is 2. The number of anilines is 1. The Hall–Kier alpha value is -3.48. The monoisotopic (exact) mass is 343 g/mol. The van der Waals surface area contributed by atoms with E-state index >= 15 is 0 Å². The van der Waals surface area contributed by atoms with E-state index in [0.29, 0.717) is 11.3 Å². The van der Waals surface area contributed by atoms with Crippen LogP contribution in [0, 0.1) is 34.5 Å². The Morgan fingerprint density at radius 2 is 1.46 bits per heavy atom. The Morgan fingerprint density at radius 3 is 2.04 bits per heavy atom. The number of carbonyl (C=O) groups excluding carboxylic acids is 2. The van der Waals surface area contributed by atoms with Gasteiger partial charge in [-0.15, -0.1) is 0 Å². The van der Waals surface area contributed by atoms with E-state index in [1.54, 1.807) is 54.6 Å². The largest absolute Gasteiger partial charge is 0.338 e. The van der Waals surface area contributed by atoms with Crippen LogP contribution in [0.25, 0.3) is 0 Å². The molecule has 0 N–H and O–H groups in total. The Bertz CT molecular complexity index is 945. The van der Waals surface area contributed by atoms with E-state index < -0.39 is 35.4 Å². The summed E-state index contributed by atoms with van der Waals surface area (Å²) in [5, 5.41) is 19.2. The van der Waals surface area contributed by atoms with Crippen LogP contribution in [-0.2, 0) is 14.3 Å². The van der Waals surface area contributed by atoms with Gasteiger partial charge in [0.1, 0.15) is 18.1 Å². The van der Waals surface area contributed by atoms with Gasteiger partial charge in [0.25, 0.3) is 5.60 Å². The molecule has 0 bridgehead atoms. The summed E-state index contributed by atoms with van der Waals surface area (Å²) in [4.78, 5) is 27.2. The average Bonchev–Trinajstić information content (AvgIpc) is 3.18. The van der Waals surface area contributed by atoms with Gasteiger partial charge >= 0.3 is 0 Å². The molecule has 2 aliphatic rings. The second-order valence-electron chi connectivity index (χ2n) is 6.26. The van der Waals surface area contributed by atoms with Gasteiger partial charge in [0.2, 0.25) is 11.8 Å². The zero-order valence-electron chi connectivity index (χ0n) is 13.6. The number of nitrogens with zero attached hydrogens (tertiary/aromatic N) is 3. The molecule has 2 aliphatic heterocycles. The number of imide groups is 1. The first-order valence-electron chi connectivity index (χ1n) is 8.11. The molecule has 0 saturated carbocycles. The SMILES string of the molecule is N#CC1(C#N)O[C@H](c2ccccc2)[C@@H]2C(=O)N(c3ccccc3)C(=O)[C@@H]21. The summed E-state index contributed by atoms with van der Waals surface area (Å²) in [6, 6.07) is 21.1. The van der Waals surface area contributed by atoms with Crippen molar-refractivity contribution in [1.82, 2.24) is 0 Å². The summed E-state index contributed by atoms with van der Waals surface area (Å²) in [6.07, 6.45) is -0.828. The third-order valence-corrected chi connectivity index (χ3v) is 4.90. The molecule has 2 aromatic rings. The van der Waals surface area contributed by atoms with Gasteiger partial charge in [-0.25, -0.2) is 4.90 Å². The van der Waals surface area contributed by atoms with E-state index in [0.717, 1.165) is 4.90 Å². The van der Waals surface area contributed by atoms with Crippen LogP contribution in [0.4, 0.5) is 5.69 Å². The topological polar surface area (TPSA) is 94.2 Å². The van der Waals surface area contributed by atoms with Crippen LogP contribution in [0.1, 0.15) is 11.7 Å². The van der Waals surface area contributed by atoms with Crippen LogP contribution in [0.3, 0.4) is 0 Å². The van der Waals surface area contributed by atoms with Gasteiger partial charge in [-0.05, 0) is 17.7 Å². The van der Waals surface area contributed by atoms with Gasteiger partial charge in [-0.2, -0.15) is 10.5 Å². The first-order chi connectivity index (χ1) is 12.6. The van der Waals surface area contributed by atoms with Crippen LogP contribution in [-0.4, -0.2) is 17.4 Å². The highest BCUT2D eigenvalue weighted by atomic mass is 16.5. The van der Waals surface area contributed by atoms with Crippen molar-refractivity contribution in [3.05, 3.63) is 66.2 Å². The number of rotatable bonds is 2. The van der Waals surface area contributed by atoms with E-state index in [4.69, 9.17) is 4.74 Å². The Labute approximate surface area is 149 Å². The van der Waals surface area contributed by atoms with Crippen molar-refractivity contribution in [3.8, 4) is 12.1 Å². The normalized spacial score (nSPS) is 26.2. The molecule has 2 saturated heterocycles. The van der Waals surface area contributed by atoms with Crippen molar-refractivity contribution >= 4 is 17.5 Å². The lowest BCUT2D eigenvalue weighted by atomic mass is 9.81. The van der Waals surface area contributed by atoms with E-state index in [-0.39, 0.29) is 0 Å². The number of para-hydroxylation sites is 1. The molecule has 4 rings (SSSR count). The second kappa shape index (κ2) is 5.80. The number of hydrogen-bond donors (Lipinski definition) is 0. The summed E-state index contributed by atoms with van der Waals surface area (Å²) >= 11 is 0. The number of hydrogen-bond acceptors (Lipinski definition) is 5. The molecule has 0 unspecified atom stereocenters. The van der Waals surface area contributed by atoms with E-state index in [9.17, 15) is 20.1 Å². The first kappa shape index (κ1) is 16.0. The predicted molar refractivity (Wildman–Crippen MR) is 90.1 cm³/mol. The molecule has 2 aromatic carbocycles. The van der Waals surface area contributed by atoms with Crippen molar-refractivity contribution < 1.29 is 14.3 Å². The Kier molecular flexibility index (Phi) is 3.57. The Balaban J connectivity index is 1.85. The minimum Gasteiger partial charge on any atom is -0.338 e. The average molecular weight is 343 g/mol.